The topological polar surface area (TPSA) is 59.9 Å². The van der Waals surface area contributed by atoms with Crippen LogP contribution in [-0.4, -0.2) is 15.0 Å². The van der Waals surface area contributed by atoms with E-state index < -0.39 is 5.82 Å². The van der Waals surface area contributed by atoms with E-state index >= 15 is 0 Å². The Morgan fingerprint density at radius 1 is 0.964 bits per heavy atom. The third-order valence-corrected chi connectivity index (χ3v) is 4.44. The van der Waals surface area contributed by atoms with Gasteiger partial charge in [-0.3, -0.25) is 4.94 Å². The maximum absolute atomic E-state index is 13.4. The van der Waals surface area contributed by atoms with Crippen molar-refractivity contribution < 1.29 is 13.9 Å². The van der Waals surface area contributed by atoms with Gasteiger partial charge in [-0.15, -0.1) is 0 Å². The van der Waals surface area contributed by atoms with Crippen molar-refractivity contribution in [3.63, 3.8) is 0 Å². The van der Waals surface area contributed by atoms with E-state index in [0.29, 0.717) is 38.8 Å². The molecular formula is C19H10Cl2F2N4O. The van der Waals surface area contributed by atoms with E-state index in [0.717, 1.165) is 0 Å². The van der Waals surface area contributed by atoms with Gasteiger partial charge in [0.15, 0.2) is 5.82 Å². The average molecular weight is 419 g/mol. The number of pyridine rings is 1. The van der Waals surface area contributed by atoms with Gasteiger partial charge in [0, 0.05) is 38.4 Å². The predicted octanol–water partition coefficient (Wildman–Crippen LogP) is 6.14. The Kier molecular flexibility index (Phi) is 4.93. The molecule has 0 saturated carbocycles. The molecule has 0 radical (unpaired) electrons. The Balaban J connectivity index is 1.84. The second-order valence-corrected chi connectivity index (χ2v) is 6.62. The molecule has 28 heavy (non-hydrogen) atoms. The first-order valence-electron chi connectivity index (χ1n) is 7.98. The summed E-state index contributed by atoms with van der Waals surface area (Å²) in [5, 5.41) is 4.31. The minimum absolute atomic E-state index is 0.0161. The summed E-state index contributed by atoms with van der Waals surface area (Å²) >= 11 is 12.0. The van der Waals surface area contributed by atoms with Gasteiger partial charge in [-0.25, -0.2) is 19.3 Å². The third kappa shape index (κ3) is 3.67. The van der Waals surface area contributed by atoms with Crippen molar-refractivity contribution in [3.05, 3.63) is 70.6 Å². The van der Waals surface area contributed by atoms with E-state index in [1.165, 1.54) is 24.4 Å². The lowest BCUT2D eigenvalue weighted by atomic mass is 10.2. The lowest BCUT2D eigenvalue weighted by Crippen LogP contribution is -2.00. The highest BCUT2D eigenvalue weighted by atomic mass is 35.5. The van der Waals surface area contributed by atoms with Gasteiger partial charge in [0.25, 0.3) is 5.88 Å². The number of nitrogens with one attached hydrogen (secondary N) is 1. The van der Waals surface area contributed by atoms with Crippen LogP contribution in [0.25, 0.3) is 22.3 Å². The zero-order valence-corrected chi connectivity index (χ0v) is 15.5. The Morgan fingerprint density at radius 2 is 1.82 bits per heavy atom. The zero-order valence-electron chi connectivity index (χ0n) is 14.0. The van der Waals surface area contributed by atoms with Crippen LogP contribution in [-0.2, 0) is 0 Å². The van der Waals surface area contributed by atoms with Gasteiger partial charge in [0.05, 0.1) is 10.5 Å². The Morgan fingerprint density at radius 3 is 2.54 bits per heavy atom. The minimum atomic E-state index is -0.520. The van der Waals surface area contributed by atoms with Gasteiger partial charge in [0.1, 0.15) is 11.6 Å². The summed E-state index contributed by atoms with van der Waals surface area (Å²) in [5.41, 5.74) is 1.67. The summed E-state index contributed by atoms with van der Waals surface area (Å²) in [7, 11) is 0. The second-order valence-electron chi connectivity index (χ2n) is 5.77. The highest BCUT2D eigenvalue weighted by molar-refractivity contribution is 6.31. The highest BCUT2D eigenvalue weighted by Crippen LogP contribution is 2.30. The van der Waals surface area contributed by atoms with Crippen molar-refractivity contribution >= 4 is 45.6 Å². The van der Waals surface area contributed by atoms with E-state index in [1.807, 2.05) is 0 Å². The van der Waals surface area contributed by atoms with Gasteiger partial charge in [-0.1, -0.05) is 23.2 Å². The van der Waals surface area contributed by atoms with Gasteiger partial charge < -0.3 is 5.32 Å². The van der Waals surface area contributed by atoms with Crippen LogP contribution in [0.5, 0.6) is 5.88 Å². The Bertz CT molecular complexity index is 1170. The molecule has 1 N–H and O–H groups in total. The first-order valence-corrected chi connectivity index (χ1v) is 8.73. The van der Waals surface area contributed by atoms with E-state index in [-0.39, 0.29) is 10.9 Å². The fourth-order valence-corrected chi connectivity index (χ4v) is 2.94. The summed E-state index contributed by atoms with van der Waals surface area (Å²) in [6.45, 7) is 0. The molecule has 0 aliphatic carbocycles. The monoisotopic (exact) mass is 418 g/mol. The number of fused-ring (bicyclic) bond motifs is 1. The molecule has 0 atom stereocenters. The highest BCUT2D eigenvalue weighted by Gasteiger charge is 2.12. The molecule has 0 amide bonds. The molecule has 0 bridgehead atoms. The number of halogens is 4. The lowest BCUT2D eigenvalue weighted by Gasteiger charge is -2.12. The second kappa shape index (κ2) is 7.53. The maximum atomic E-state index is 13.4. The molecule has 2 aromatic carbocycles. The zero-order chi connectivity index (χ0) is 19.7. The van der Waals surface area contributed by atoms with Crippen molar-refractivity contribution in [1.82, 2.24) is 15.0 Å². The van der Waals surface area contributed by atoms with Crippen LogP contribution in [0, 0.1) is 5.82 Å². The van der Waals surface area contributed by atoms with Gasteiger partial charge in [0.2, 0.25) is 0 Å². The number of hydrogen-bond donors (Lipinski definition) is 1. The molecule has 2 aromatic heterocycles. The summed E-state index contributed by atoms with van der Waals surface area (Å²) in [4.78, 5) is 16.4. The van der Waals surface area contributed by atoms with Crippen molar-refractivity contribution in [2.45, 2.75) is 0 Å². The van der Waals surface area contributed by atoms with E-state index in [1.54, 1.807) is 30.3 Å². The van der Waals surface area contributed by atoms with Gasteiger partial charge in [-0.05, 0) is 42.5 Å². The van der Waals surface area contributed by atoms with Crippen LogP contribution in [0.3, 0.4) is 0 Å². The number of rotatable bonds is 4. The fourth-order valence-electron chi connectivity index (χ4n) is 2.60. The van der Waals surface area contributed by atoms with E-state index in [9.17, 15) is 8.92 Å². The molecular weight excluding hydrogens is 409 g/mol. The first kappa shape index (κ1) is 18.3. The summed E-state index contributed by atoms with van der Waals surface area (Å²) in [6, 6.07) is 12.4. The van der Waals surface area contributed by atoms with Gasteiger partial charge >= 0.3 is 0 Å². The van der Waals surface area contributed by atoms with Crippen molar-refractivity contribution in [2.24, 2.45) is 0 Å². The van der Waals surface area contributed by atoms with E-state index in [2.05, 4.69) is 25.2 Å². The average Bonchev–Trinajstić information content (AvgIpc) is 2.70. The van der Waals surface area contributed by atoms with Crippen molar-refractivity contribution in [2.75, 3.05) is 5.32 Å². The SMILES string of the molecule is FOc1ccc(-c2nc(Nc3ccc(F)c(Cl)c3)c3ccc(Cl)cc3n2)cn1. The smallest absolute Gasteiger partial charge is 0.262 e. The summed E-state index contributed by atoms with van der Waals surface area (Å²) in [6.07, 6.45) is 1.39. The minimum Gasteiger partial charge on any atom is -0.340 e. The molecule has 0 unspecified atom stereocenters. The van der Waals surface area contributed by atoms with Crippen LogP contribution < -0.4 is 10.3 Å². The normalized spacial score (nSPS) is 10.9. The fraction of sp³-hybridized carbons (Fsp3) is 0. The number of aromatic nitrogens is 3. The van der Waals surface area contributed by atoms with Crippen LogP contribution in [0.2, 0.25) is 10.0 Å². The molecule has 9 heteroatoms. The number of benzene rings is 2. The van der Waals surface area contributed by atoms with Crippen molar-refractivity contribution in [3.8, 4) is 17.3 Å². The molecule has 4 aromatic rings. The Labute approximate surface area is 167 Å². The predicted molar refractivity (Wildman–Crippen MR) is 104 cm³/mol. The van der Waals surface area contributed by atoms with Crippen LogP contribution in [0.4, 0.5) is 20.4 Å². The van der Waals surface area contributed by atoms with Crippen LogP contribution >= 0.6 is 23.2 Å². The summed E-state index contributed by atoms with van der Waals surface area (Å²) < 4.78 is 25.7. The summed E-state index contributed by atoms with van der Waals surface area (Å²) in [5.74, 6) is 0.105. The molecule has 2 heterocycles. The lowest BCUT2D eigenvalue weighted by molar-refractivity contribution is -0.0118. The number of anilines is 2. The molecule has 4 rings (SSSR count). The van der Waals surface area contributed by atoms with Crippen LogP contribution in [0.1, 0.15) is 0 Å². The molecule has 0 saturated heterocycles. The van der Waals surface area contributed by atoms with Gasteiger partial charge in [-0.2, -0.15) is 0 Å². The molecule has 5 nitrogen and oxygen atoms in total. The standard InChI is InChI=1S/C19H10Cl2F2N4O/c20-11-2-4-13-16(7-11)26-18(10-1-6-17(28-23)24-9-10)27-19(13)25-12-3-5-15(22)14(21)8-12/h1-9H,(H,25,26,27). The largest absolute Gasteiger partial charge is 0.340 e. The first-order chi connectivity index (χ1) is 13.5. The number of nitrogens with zero attached hydrogens (tertiary/aromatic N) is 3. The molecule has 0 aliphatic rings. The molecule has 0 fully saturated rings. The van der Waals surface area contributed by atoms with Crippen molar-refractivity contribution in [1.29, 1.82) is 0 Å². The quantitative estimate of drug-likeness (QED) is 0.430. The maximum Gasteiger partial charge on any atom is 0.262 e. The third-order valence-electron chi connectivity index (χ3n) is 3.91. The molecule has 0 spiro atoms. The van der Waals surface area contributed by atoms with Crippen LogP contribution in [0.15, 0.2) is 54.7 Å². The molecule has 140 valence electrons. The number of hydrogen-bond acceptors (Lipinski definition) is 5. The molecule has 0 aliphatic heterocycles. The Hall–Kier alpha value is -3.03. The van der Waals surface area contributed by atoms with E-state index in [4.69, 9.17) is 23.2 Å².